The van der Waals surface area contributed by atoms with Gasteiger partial charge < -0.3 is 4.74 Å². The topological polar surface area (TPSA) is 26.3 Å². The number of carbonyl (C=O) groups is 1. The molecule has 1 aliphatic rings. The van der Waals surface area contributed by atoms with Gasteiger partial charge in [0.15, 0.2) is 0 Å². The second-order valence-electron chi connectivity index (χ2n) is 6.20. The SMILES string of the molecule is CC1(C(=O)Oc2ccccc2C(C)(C)C)CC1. The summed E-state index contributed by atoms with van der Waals surface area (Å²) in [4.78, 5) is 12.0. The highest BCUT2D eigenvalue weighted by Crippen LogP contribution is 2.46. The fourth-order valence-electron chi connectivity index (χ4n) is 1.79. The van der Waals surface area contributed by atoms with E-state index in [1.54, 1.807) is 0 Å². The minimum absolute atomic E-state index is 0.0126. The molecule has 17 heavy (non-hydrogen) atoms. The van der Waals surface area contributed by atoms with Crippen molar-refractivity contribution in [3.05, 3.63) is 29.8 Å². The van der Waals surface area contributed by atoms with Crippen LogP contribution in [0.2, 0.25) is 0 Å². The van der Waals surface area contributed by atoms with Gasteiger partial charge in [0.2, 0.25) is 0 Å². The Morgan fingerprint density at radius 1 is 1.24 bits per heavy atom. The molecule has 0 amide bonds. The third-order valence-corrected chi connectivity index (χ3v) is 3.39. The van der Waals surface area contributed by atoms with Crippen molar-refractivity contribution >= 4 is 5.97 Å². The van der Waals surface area contributed by atoms with Gasteiger partial charge in [-0.3, -0.25) is 4.79 Å². The molecule has 0 aromatic heterocycles. The van der Waals surface area contributed by atoms with E-state index in [0.717, 1.165) is 18.4 Å². The van der Waals surface area contributed by atoms with Gasteiger partial charge in [-0.25, -0.2) is 0 Å². The van der Waals surface area contributed by atoms with Gasteiger partial charge in [-0.1, -0.05) is 39.0 Å². The Kier molecular flexibility index (Phi) is 2.76. The molecule has 2 heteroatoms. The molecule has 0 unspecified atom stereocenters. The highest BCUT2D eigenvalue weighted by Gasteiger charge is 2.47. The maximum absolute atomic E-state index is 12.0. The Hall–Kier alpha value is -1.31. The fourth-order valence-corrected chi connectivity index (χ4v) is 1.79. The molecule has 0 heterocycles. The lowest BCUT2D eigenvalue weighted by Gasteiger charge is -2.22. The Labute approximate surface area is 103 Å². The van der Waals surface area contributed by atoms with E-state index in [-0.39, 0.29) is 16.8 Å². The van der Waals surface area contributed by atoms with Gasteiger partial charge in [-0.2, -0.15) is 0 Å². The molecule has 0 bridgehead atoms. The van der Waals surface area contributed by atoms with E-state index < -0.39 is 0 Å². The summed E-state index contributed by atoms with van der Waals surface area (Å²) in [5.41, 5.74) is 0.837. The molecule has 0 saturated heterocycles. The van der Waals surface area contributed by atoms with Crippen molar-refractivity contribution < 1.29 is 9.53 Å². The Balaban J connectivity index is 2.24. The summed E-state index contributed by atoms with van der Waals surface area (Å²) in [6.45, 7) is 8.34. The molecule has 0 aliphatic heterocycles. The number of carbonyl (C=O) groups excluding carboxylic acids is 1. The van der Waals surface area contributed by atoms with Crippen LogP contribution in [0.1, 0.15) is 46.1 Å². The van der Waals surface area contributed by atoms with Crippen LogP contribution >= 0.6 is 0 Å². The van der Waals surface area contributed by atoms with E-state index in [2.05, 4.69) is 20.8 Å². The molecule has 1 saturated carbocycles. The highest BCUT2D eigenvalue weighted by molar-refractivity contribution is 5.81. The predicted molar refractivity (Wildman–Crippen MR) is 68.1 cm³/mol. The lowest BCUT2D eigenvalue weighted by Crippen LogP contribution is -2.21. The number of esters is 1. The van der Waals surface area contributed by atoms with Crippen LogP contribution < -0.4 is 4.74 Å². The summed E-state index contributed by atoms with van der Waals surface area (Å²) in [6, 6.07) is 7.80. The van der Waals surface area contributed by atoms with Crippen LogP contribution in [0.3, 0.4) is 0 Å². The van der Waals surface area contributed by atoms with Crippen LogP contribution in [0.4, 0.5) is 0 Å². The summed E-state index contributed by atoms with van der Waals surface area (Å²) in [6.07, 6.45) is 1.90. The van der Waals surface area contributed by atoms with E-state index in [9.17, 15) is 4.79 Å². The van der Waals surface area contributed by atoms with Gasteiger partial charge in [0.05, 0.1) is 5.41 Å². The predicted octanol–water partition coefficient (Wildman–Crippen LogP) is 3.69. The molecular formula is C15H20O2. The molecule has 0 radical (unpaired) electrons. The summed E-state index contributed by atoms with van der Waals surface area (Å²) >= 11 is 0. The monoisotopic (exact) mass is 232 g/mol. The number of hydrogen-bond acceptors (Lipinski definition) is 2. The summed E-state index contributed by atoms with van der Waals surface area (Å²) in [5, 5.41) is 0. The highest BCUT2D eigenvalue weighted by atomic mass is 16.5. The van der Waals surface area contributed by atoms with Gasteiger partial charge in [-0.05, 0) is 31.2 Å². The van der Waals surface area contributed by atoms with E-state index in [4.69, 9.17) is 4.74 Å². The van der Waals surface area contributed by atoms with Crippen molar-refractivity contribution in [2.75, 3.05) is 0 Å². The van der Waals surface area contributed by atoms with Crippen LogP contribution in [0.5, 0.6) is 5.75 Å². The lowest BCUT2D eigenvalue weighted by atomic mass is 9.86. The number of para-hydroxylation sites is 1. The molecule has 1 aromatic rings. The van der Waals surface area contributed by atoms with Crippen molar-refractivity contribution in [2.45, 2.75) is 46.0 Å². The van der Waals surface area contributed by atoms with Crippen molar-refractivity contribution in [1.29, 1.82) is 0 Å². The number of hydrogen-bond donors (Lipinski definition) is 0. The average Bonchev–Trinajstić information content (AvgIpc) is 2.97. The van der Waals surface area contributed by atoms with Crippen molar-refractivity contribution in [3.63, 3.8) is 0 Å². The van der Waals surface area contributed by atoms with E-state index >= 15 is 0 Å². The molecule has 1 fully saturated rings. The molecule has 0 atom stereocenters. The zero-order valence-corrected chi connectivity index (χ0v) is 11.0. The zero-order chi connectivity index (χ0) is 12.7. The molecule has 0 N–H and O–H groups in total. The molecule has 1 aliphatic carbocycles. The van der Waals surface area contributed by atoms with E-state index in [1.165, 1.54) is 0 Å². The number of benzene rings is 1. The van der Waals surface area contributed by atoms with Crippen LogP contribution in [0.25, 0.3) is 0 Å². The Morgan fingerprint density at radius 2 is 1.82 bits per heavy atom. The third-order valence-electron chi connectivity index (χ3n) is 3.39. The van der Waals surface area contributed by atoms with Gasteiger partial charge in [-0.15, -0.1) is 0 Å². The Morgan fingerprint density at radius 3 is 2.35 bits per heavy atom. The maximum atomic E-state index is 12.0. The summed E-state index contributed by atoms with van der Waals surface area (Å²) in [7, 11) is 0. The molecule has 2 rings (SSSR count). The summed E-state index contributed by atoms with van der Waals surface area (Å²) in [5.74, 6) is 0.618. The smallest absolute Gasteiger partial charge is 0.317 e. The largest absolute Gasteiger partial charge is 0.426 e. The third kappa shape index (κ3) is 2.51. The normalized spacial score (nSPS) is 17.6. The lowest BCUT2D eigenvalue weighted by molar-refractivity contribution is -0.139. The van der Waals surface area contributed by atoms with Crippen molar-refractivity contribution in [3.8, 4) is 5.75 Å². The van der Waals surface area contributed by atoms with Crippen LogP contribution in [-0.4, -0.2) is 5.97 Å². The van der Waals surface area contributed by atoms with E-state index in [0.29, 0.717) is 5.75 Å². The molecule has 1 aromatic carbocycles. The van der Waals surface area contributed by atoms with Gasteiger partial charge >= 0.3 is 5.97 Å². The van der Waals surface area contributed by atoms with Gasteiger partial charge in [0.1, 0.15) is 5.75 Å². The van der Waals surface area contributed by atoms with Gasteiger partial charge in [0, 0.05) is 5.56 Å². The zero-order valence-electron chi connectivity index (χ0n) is 11.0. The standard InChI is InChI=1S/C15H20O2/c1-14(2,3)11-7-5-6-8-12(11)17-13(16)15(4)9-10-15/h5-8H,9-10H2,1-4H3. The minimum Gasteiger partial charge on any atom is -0.426 e. The summed E-state index contributed by atoms with van der Waals surface area (Å²) < 4.78 is 5.56. The second kappa shape index (κ2) is 3.86. The number of rotatable bonds is 2. The molecule has 92 valence electrons. The van der Waals surface area contributed by atoms with Crippen molar-refractivity contribution in [2.24, 2.45) is 5.41 Å². The molecular weight excluding hydrogens is 212 g/mol. The Bertz CT molecular complexity index is 436. The molecule has 0 spiro atoms. The second-order valence-corrected chi connectivity index (χ2v) is 6.20. The minimum atomic E-state index is -0.231. The first-order chi connectivity index (χ1) is 7.83. The van der Waals surface area contributed by atoms with Crippen LogP contribution in [-0.2, 0) is 10.2 Å². The van der Waals surface area contributed by atoms with Gasteiger partial charge in [0.25, 0.3) is 0 Å². The quantitative estimate of drug-likeness (QED) is 0.574. The number of ether oxygens (including phenoxy) is 1. The maximum Gasteiger partial charge on any atom is 0.317 e. The first kappa shape index (κ1) is 12.2. The van der Waals surface area contributed by atoms with Crippen molar-refractivity contribution in [1.82, 2.24) is 0 Å². The average molecular weight is 232 g/mol. The van der Waals surface area contributed by atoms with Crippen LogP contribution in [0.15, 0.2) is 24.3 Å². The first-order valence-corrected chi connectivity index (χ1v) is 6.15. The van der Waals surface area contributed by atoms with Crippen LogP contribution in [0, 0.1) is 5.41 Å². The van der Waals surface area contributed by atoms with E-state index in [1.807, 2.05) is 31.2 Å². The first-order valence-electron chi connectivity index (χ1n) is 6.15. The molecule has 2 nitrogen and oxygen atoms in total. The fraction of sp³-hybridized carbons (Fsp3) is 0.533.